The van der Waals surface area contributed by atoms with Crippen molar-refractivity contribution in [3.63, 3.8) is 0 Å². The molecule has 1 aliphatic heterocycles. The van der Waals surface area contributed by atoms with Crippen LogP contribution in [0.25, 0.3) is 0 Å². The Hall–Kier alpha value is 0.979. The first kappa shape index (κ1) is 13.0. The fourth-order valence-corrected chi connectivity index (χ4v) is 6.63. The molecule has 0 radical (unpaired) electrons. The molecular formula is C8H16Cl2O3Se. The van der Waals surface area contributed by atoms with Crippen molar-refractivity contribution in [2.75, 3.05) is 14.2 Å². The van der Waals surface area contributed by atoms with Crippen molar-refractivity contribution in [1.29, 1.82) is 0 Å². The standard InChI is InChI=1S/C8H16Cl2O3Se/c1-5-7(11-3)13-8(12-4)6(2)14(5,9)10/h5-8H,1-4H3. The molecule has 4 unspecified atom stereocenters. The summed E-state index contributed by atoms with van der Waals surface area (Å²) in [5, 5.41) is 0. The van der Waals surface area contributed by atoms with Gasteiger partial charge in [-0.15, -0.1) is 0 Å². The molecule has 4 atom stereocenters. The van der Waals surface area contributed by atoms with E-state index >= 15 is 0 Å². The van der Waals surface area contributed by atoms with Crippen molar-refractivity contribution in [2.24, 2.45) is 0 Å². The van der Waals surface area contributed by atoms with E-state index in [2.05, 4.69) is 0 Å². The molecule has 0 aromatic carbocycles. The van der Waals surface area contributed by atoms with Crippen LogP contribution in [-0.4, -0.2) is 37.8 Å². The Labute approximate surface area is 95.7 Å². The fraction of sp³-hybridized carbons (Fsp3) is 1.00. The van der Waals surface area contributed by atoms with E-state index in [1.807, 2.05) is 13.8 Å². The van der Waals surface area contributed by atoms with Crippen molar-refractivity contribution in [1.82, 2.24) is 0 Å². The van der Waals surface area contributed by atoms with Crippen molar-refractivity contribution < 1.29 is 14.2 Å². The number of halogens is 2. The molecule has 0 spiro atoms. The number of hydrogen-bond acceptors (Lipinski definition) is 3. The van der Waals surface area contributed by atoms with Gasteiger partial charge in [0.05, 0.1) is 0 Å². The molecule has 0 saturated carbocycles. The van der Waals surface area contributed by atoms with E-state index in [0.717, 1.165) is 0 Å². The van der Waals surface area contributed by atoms with Crippen LogP contribution >= 0.6 is 20.2 Å². The molecule has 3 nitrogen and oxygen atoms in total. The van der Waals surface area contributed by atoms with Gasteiger partial charge in [-0.2, -0.15) is 0 Å². The van der Waals surface area contributed by atoms with Gasteiger partial charge in [0.25, 0.3) is 0 Å². The summed E-state index contributed by atoms with van der Waals surface area (Å²) in [7, 11) is 16.0. The molecule has 0 aromatic rings. The van der Waals surface area contributed by atoms with Gasteiger partial charge in [-0.3, -0.25) is 0 Å². The summed E-state index contributed by atoms with van der Waals surface area (Å²) in [6, 6.07) is 0. The van der Waals surface area contributed by atoms with Gasteiger partial charge >= 0.3 is 95.7 Å². The van der Waals surface area contributed by atoms with Gasteiger partial charge < -0.3 is 0 Å². The van der Waals surface area contributed by atoms with Crippen LogP contribution in [-0.2, 0) is 14.2 Å². The first-order chi connectivity index (χ1) is 6.45. The summed E-state index contributed by atoms with van der Waals surface area (Å²) in [5.41, 5.74) is 0. The second-order valence-electron chi connectivity index (χ2n) is 3.31. The van der Waals surface area contributed by atoms with Gasteiger partial charge in [0.15, 0.2) is 0 Å². The first-order valence-electron chi connectivity index (χ1n) is 4.36. The molecular weight excluding hydrogens is 294 g/mol. The normalized spacial score (nSPS) is 44.7. The van der Waals surface area contributed by atoms with Crippen LogP contribution in [0.5, 0.6) is 0 Å². The zero-order chi connectivity index (χ0) is 10.9. The summed E-state index contributed by atoms with van der Waals surface area (Å²) < 4.78 is 15.9. The van der Waals surface area contributed by atoms with Crippen LogP contribution in [0.15, 0.2) is 0 Å². The Morgan fingerprint density at radius 2 is 1.36 bits per heavy atom. The average Bonchev–Trinajstić information content (AvgIpc) is 2.16. The van der Waals surface area contributed by atoms with Gasteiger partial charge in [0.2, 0.25) is 0 Å². The van der Waals surface area contributed by atoms with Gasteiger partial charge in [0, 0.05) is 0 Å². The zero-order valence-corrected chi connectivity index (χ0v) is 11.9. The van der Waals surface area contributed by atoms with Gasteiger partial charge in [-0.25, -0.2) is 0 Å². The summed E-state index contributed by atoms with van der Waals surface area (Å²) >= 11 is -2.58. The summed E-state index contributed by atoms with van der Waals surface area (Å²) in [5.74, 6) is 0. The van der Waals surface area contributed by atoms with Crippen LogP contribution in [0.3, 0.4) is 0 Å². The Bertz CT molecular complexity index is 185. The molecule has 0 bridgehead atoms. The predicted molar refractivity (Wildman–Crippen MR) is 59.0 cm³/mol. The Morgan fingerprint density at radius 3 is 1.64 bits per heavy atom. The molecule has 1 heterocycles. The monoisotopic (exact) mass is 310 g/mol. The Morgan fingerprint density at radius 1 is 1.00 bits per heavy atom. The maximum atomic E-state index is 6.40. The third-order valence-electron chi connectivity index (χ3n) is 2.49. The summed E-state index contributed by atoms with van der Waals surface area (Å²) in [4.78, 5) is 0.113. The average molecular weight is 310 g/mol. The summed E-state index contributed by atoms with van der Waals surface area (Å²) in [6.07, 6.45) is -0.711. The van der Waals surface area contributed by atoms with E-state index in [1.54, 1.807) is 14.2 Å². The van der Waals surface area contributed by atoms with Crippen molar-refractivity contribution >= 4 is 31.2 Å². The van der Waals surface area contributed by atoms with Crippen LogP contribution in [0.1, 0.15) is 13.8 Å². The third kappa shape index (κ3) is 2.22. The number of methoxy groups -OCH3 is 2. The second kappa shape index (κ2) is 4.87. The second-order valence-corrected chi connectivity index (χ2v) is 14.9. The van der Waals surface area contributed by atoms with E-state index in [1.165, 1.54) is 0 Å². The molecule has 14 heavy (non-hydrogen) atoms. The number of hydrogen-bond donors (Lipinski definition) is 0. The SMILES string of the molecule is COC1OC(OC)C(C)[Se](Cl)(Cl)C1C. The third-order valence-corrected chi connectivity index (χ3v) is 13.4. The van der Waals surface area contributed by atoms with E-state index in [4.69, 9.17) is 34.4 Å². The van der Waals surface area contributed by atoms with Crippen LogP contribution in [0, 0.1) is 0 Å². The quantitative estimate of drug-likeness (QED) is 0.734. The van der Waals surface area contributed by atoms with E-state index in [-0.39, 0.29) is 22.2 Å². The van der Waals surface area contributed by atoms with Crippen LogP contribution < -0.4 is 0 Å². The van der Waals surface area contributed by atoms with E-state index < -0.39 is 11.0 Å². The van der Waals surface area contributed by atoms with Crippen molar-refractivity contribution in [3.8, 4) is 0 Å². The summed E-state index contributed by atoms with van der Waals surface area (Å²) in [6.45, 7) is 3.94. The molecule has 0 aliphatic carbocycles. The minimum atomic E-state index is -2.58. The van der Waals surface area contributed by atoms with Crippen molar-refractivity contribution in [3.05, 3.63) is 0 Å². The van der Waals surface area contributed by atoms with E-state index in [9.17, 15) is 0 Å². The fourth-order valence-electron chi connectivity index (χ4n) is 1.48. The number of rotatable bonds is 2. The zero-order valence-electron chi connectivity index (χ0n) is 8.70. The van der Waals surface area contributed by atoms with E-state index in [0.29, 0.717) is 0 Å². The Balaban J connectivity index is 2.84. The van der Waals surface area contributed by atoms with Gasteiger partial charge in [0.1, 0.15) is 0 Å². The molecule has 0 amide bonds. The minimum absolute atomic E-state index is 0.0565. The number of ether oxygens (including phenoxy) is 3. The molecule has 1 saturated heterocycles. The van der Waals surface area contributed by atoms with Gasteiger partial charge in [-0.1, -0.05) is 0 Å². The Kier molecular flexibility index (Phi) is 4.54. The molecule has 1 fully saturated rings. The predicted octanol–water partition coefficient (Wildman–Crippen LogP) is 2.66. The van der Waals surface area contributed by atoms with Crippen LogP contribution in [0.2, 0.25) is 9.63 Å². The maximum absolute atomic E-state index is 6.40. The first-order valence-corrected chi connectivity index (χ1v) is 10.8. The van der Waals surface area contributed by atoms with Crippen molar-refractivity contribution in [2.45, 2.75) is 36.1 Å². The molecule has 1 rings (SSSR count). The van der Waals surface area contributed by atoms with Gasteiger partial charge in [-0.05, 0) is 0 Å². The molecule has 6 heteroatoms. The van der Waals surface area contributed by atoms with Crippen LogP contribution in [0.4, 0.5) is 0 Å². The molecule has 86 valence electrons. The topological polar surface area (TPSA) is 27.7 Å². The molecule has 1 aliphatic rings. The molecule has 0 aromatic heterocycles. The molecule has 0 N–H and O–H groups in total.